The minimum atomic E-state index is -0.241. The van der Waals surface area contributed by atoms with Gasteiger partial charge in [0.1, 0.15) is 0 Å². The summed E-state index contributed by atoms with van der Waals surface area (Å²) in [5, 5.41) is 11.6. The van der Waals surface area contributed by atoms with Crippen LogP contribution in [0.3, 0.4) is 0 Å². The molecule has 1 aliphatic rings. The van der Waals surface area contributed by atoms with E-state index in [1.165, 1.54) is 10.9 Å². The molecule has 1 aromatic carbocycles. The number of aliphatic hydroxyl groups excluding tert-OH is 1. The third-order valence-electron chi connectivity index (χ3n) is 4.53. The second-order valence-corrected chi connectivity index (χ2v) is 6.12. The Morgan fingerprint density at radius 1 is 1.27 bits per heavy atom. The summed E-state index contributed by atoms with van der Waals surface area (Å²) in [6.07, 6.45) is 3.56. The molecule has 4 heteroatoms. The number of aliphatic hydroxyl groups is 1. The highest BCUT2D eigenvalue weighted by atomic mass is 16.5. The van der Waals surface area contributed by atoms with E-state index >= 15 is 0 Å². The molecule has 0 amide bonds. The van der Waals surface area contributed by atoms with Gasteiger partial charge in [-0.3, -0.25) is 4.98 Å². The standard InChI is InChI=1S/C18H24N2O2/c1-22-10-4-9-20-12-15(18(21)13-20)11-14-7-8-19-17-6-3-2-5-16(14)17/h2-3,5-8,15,18,21H,4,9-13H2,1H3/t15-,18-/m1/s1. The predicted molar refractivity (Wildman–Crippen MR) is 87.9 cm³/mol. The molecule has 1 saturated heterocycles. The first kappa shape index (κ1) is 15.4. The van der Waals surface area contributed by atoms with Crippen molar-refractivity contribution in [2.45, 2.75) is 18.9 Å². The third-order valence-corrected chi connectivity index (χ3v) is 4.53. The van der Waals surface area contributed by atoms with Gasteiger partial charge in [0, 0.05) is 50.9 Å². The van der Waals surface area contributed by atoms with Gasteiger partial charge in [-0.15, -0.1) is 0 Å². The van der Waals surface area contributed by atoms with Crippen LogP contribution in [0.2, 0.25) is 0 Å². The predicted octanol–water partition coefficient (Wildman–Crippen LogP) is 2.11. The van der Waals surface area contributed by atoms with Crippen LogP contribution in [-0.2, 0) is 11.2 Å². The first-order valence-corrected chi connectivity index (χ1v) is 8.00. The van der Waals surface area contributed by atoms with Crippen LogP contribution in [0.4, 0.5) is 0 Å². The van der Waals surface area contributed by atoms with Gasteiger partial charge in [-0.25, -0.2) is 0 Å². The molecule has 3 rings (SSSR count). The number of ether oxygens (including phenoxy) is 1. The normalized spacial score (nSPS) is 22.5. The van der Waals surface area contributed by atoms with Crippen molar-refractivity contribution in [3.8, 4) is 0 Å². The zero-order chi connectivity index (χ0) is 15.4. The Balaban J connectivity index is 1.67. The van der Waals surface area contributed by atoms with Crippen LogP contribution >= 0.6 is 0 Å². The van der Waals surface area contributed by atoms with E-state index in [0.29, 0.717) is 5.92 Å². The zero-order valence-corrected chi connectivity index (χ0v) is 13.1. The second-order valence-electron chi connectivity index (χ2n) is 6.12. The minimum Gasteiger partial charge on any atom is -0.391 e. The SMILES string of the molecule is COCCCN1C[C@@H](Cc2ccnc3ccccc23)[C@H](O)C1. The molecule has 1 aliphatic heterocycles. The average molecular weight is 300 g/mol. The summed E-state index contributed by atoms with van der Waals surface area (Å²) in [6.45, 7) is 3.52. The summed E-state index contributed by atoms with van der Waals surface area (Å²) < 4.78 is 5.10. The van der Waals surface area contributed by atoms with E-state index in [-0.39, 0.29) is 6.10 Å². The van der Waals surface area contributed by atoms with Crippen molar-refractivity contribution >= 4 is 10.9 Å². The van der Waals surface area contributed by atoms with Crippen molar-refractivity contribution in [1.29, 1.82) is 0 Å². The molecule has 0 unspecified atom stereocenters. The van der Waals surface area contributed by atoms with Gasteiger partial charge in [-0.05, 0) is 30.5 Å². The van der Waals surface area contributed by atoms with Gasteiger partial charge in [-0.2, -0.15) is 0 Å². The van der Waals surface area contributed by atoms with Gasteiger partial charge >= 0.3 is 0 Å². The Morgan fingerprint density at radius 2 is 2.14 bits per heavy atom. The van der Waals surface area contributed by atoms with Crippen molar-refractivity contribution < 1.29 is 9.84 Å². The monoisotopic (exact) mass is 300 g/mol. The van der Waals surface area contributed by atoms with Crippen LogP contribution in [0, 0.1) is 5.92 Å². The maximum Gasteiger partial charge on any atom is 0.0710 e. The fourth-order valence-corrected chi connectivity index (χ4v) is 3.37. The summed E-state index contributed by atoms with van der Waals surface area (Å²) in [4.78, 5) is 6.76. The van der Waals surface area contributed by atoms with Crippen molar-refractivity contribution in [1.82, 2.24) is 9.88 Å². The van der Waals surface area contributed by atoms with Crippen LogP contribution in [-0.4, -0.2) is 54.4 Å². The van der Waals surface area contributed by atoms with Gasteiger partial charge in [0.05, 0.1) is 11.6 Å². The highest BCUT2D eigenvalue weighted by Crippen LogP contribution is 2.25. The van der Waals surface area contributed by atoms with Gasteiger partial charge in [0.2, 0.25) is 0 Å². The van der Waals surface area contributed by atoms with Crippen molar-refractivity contribution in [3.05, 3.63) is 42.1 Å². The number of nitrogens with zero attached hydrogens (tertiary/aromatic N) is 2. The molecule has 1 fully saturated rings. The number of benzene rings is 1. The van der Waals surface area contributed by atoms with Crippen LogP contribution in [0.25, 0.3) is 10.9 Å². The molecular weight excluding hydrogens is 276 g/mol. The van der Waals surface area contributed by atoms with E-state index in [1.54, 1.807) is 7.11 Å². The molecule has 2 aromatic rings. The van der Waals surface area contributed by atoms with E-state index in [0.717, 1.165) is 44.6 Å². The number of rotatable bonds is 6. The number of pyridine rings is 1. The molecule has 0 spiro atoms. The van der Waals surface area contributed by atoms with Gasteiger partial charge in [0.15, 0.2) is 0 Å². The smallest absolute Gasteiger partial charge is 0.0710 e. The average Bonchev–Trinajstić information content (AvgIpc) is 2.88. The van der Waals surface area contributed by atoms with Crippen molar-refractivity contribution in [2.75, 3.05) is 33.4 Å². The molecule has 0 bridgehead atoms. The van der Waals surface area contributed by atoms with Crippen molar-refractivity contribution in [3.63, 3.8) is 0 Å². The number of hydrogen-bond donors (Lipinski definition) is 1. The Kier molecular flexibility index (Phi) is 5.03. The largest absolute Gasteiger partial charge is 0.391 e. The first-order chi connectivity index (χ1) is 10.8. The number of aromatic nitrogens is 1. The number of fused-ring (bicyclic) bond motifs is 1. The summed E-state index contributed by atoms with van der Waals surface area (Å²) in [6, 6.07) is 10.3. The molecule has 22 heavy (non-hydrogen) atoms. The topological polar surface area (TPSA) is 45.6 Å². The minimum absolute atomic E-state index is 0.241. The summed E-state index contributed by atoms with van der Waals surface area (Å²) in [5.41, 5.74) is 2.32. The molecule has 1 aromatic heterocycles. The van der Waals surface area contributed by atoms with Crippen molar-refractivity contribution in [2.24, 2.45) is 5.92 Å². The molecule has 118 valence electrons. The Bertz CT molecular complexity index is 612. The van der Waals surface area contributed by atoms with Crippen LogP contribution in [0.15, 0.2) is 36.5 Å². The van der Waals surface area contributed by atoms with E-state index in [9.17, 15) is 5.11 Å². The molecular formula is C18H24N2O2. The van der Waals surface area contributed by atoms with E-state index in [4.69, 9.17) is 4.74 Å². The number of methoxy groups -OCH3 is 1. The number of para-hydroxylation sites is 1. The molecule has 0 radical (unpaired) electrons. The van der Waals surface area contributed by atoms with E-state index in [2.05, 4.69) is 28.1 Å². The van der Waals surface area contributed by atoms with Gasteiger partial charge in [0.25, 0.3) is 0 Å². The molecule has 1 N–H and O–H groups in total. The molecule has 0 saturated carbocycles. The lowest BCUT2D eigenvalue weighted by atomic mass is 9.94. The Hall–Kier alpha value is -1.49. The molecule has 2 heterocycles. The summed E-state index contributed by atoms with van der Waals surface area (Å²) in [7, 11) is 1.73. The lowest BCUT2D eigenvalue weighted by Gasteiger charge is -2.16. The quantitative estimate of drug-likeness (QED) is 0.830. The molecule has 0 aliphatic carbocycles. The number of hydrogen-bond acceptors (Lipinski definition) is 4. The Morgan fingerprint density at radius 3 is 3.00 bits per heavy atom. The number of β-amino-alcohol motifs (C(OH)–C–C–N with tert-alkyl or cyclic N) is 1. The molecule has 2 atom stereocenters. The summed E-state index contributed by atoms with van der Waals surface area (Å²) in [5.74, 6) is 0.299. The Labute approximate surface area is 131 Å². The number of likely N-dealkylation sites (tertiary alicyclic amines) is 1. The summed E-state index contributed by atoms with van der Waals surface area (Å²) >= 11 is 0. The maximum atomic E-state index is 10.4. The fraction of sp³-hybridized carbons (Fsp3) is 0.500. The van der Waals surface area contributed by atoms with E-state index in [1.807, 2.05) is 18.3 Å². The highest BCUT2D eigenvalue weighted by Gasteiger charge is 2.31. The highest BCUT2D eigenvalue weighted by molar-refractivity contribution is 5.81. The lowest BCUT2D eigenvalue weighted by Crippen LogP contribution is -2.23. The maximum absolute atomic E-state index is 10.4. The third kappa shape index (κ3) is 3.46. The van der Waals surface area contributed by atoms with E-state index < -0.39 is 0 Å². The first-order valence-electron chi connectivity index (χ1n) is 8.00. The van der Waals surface area contributed by atoms with Gasteiger partial charge < -0.3 is 14.7 Å². The second kappa shape index (κ2) is 7.18. The van der Waals surface area contributed by atoms with Crippen LogP contribution < -0.4 is 0 Å². The van der Waals surface area contributed by atoms with Crippen LogP contribution in [0.1, 0.15) is 12.0 Å². The zero-order valence-electron chi connectivity index (χ0n) is 13.1. The molecule has 4 nitrogen and oxygen atoms in total. The van der Waals surface area contributed by atoms with Crippen LogP contribution in [0.5, 0.6) is 0 Å². The fourth-order valence-electron chi connectivity index (χ4n) is 3.37. The lowest BCUT2D eigenvalue weighted by molar-refractivity contribution is 0.138. The van der Waals surface area contributed by atoms with Gasteiger partial charge in [-0.1, -0.05) is 18.2 Å².